The highest BCUT2D eigenvalue weighted by Crippen LogP contribution is 2.35. The van der Waals surface area contributed by atoms with Crippen molar-refractivity contribution in [1.82, 2.24) is 4.57 Å². The van der Waals surface area contributed by atoms with Crippen molar-refractivity contribution in [2.75, 3.05) is 7.11 Å². The molecule has 0 atom stereocenters. The Hall–Kier alpha value is -4.85. The van der Waals surface area contributed by atoms with Gasteiger partial charge in [-0.2, -0.15) is 17.2 Å². The first kappa shape index (κ1) is 29.6. The molecule has 0 bridgehead atoms. The molecule has 222 valence electrons. The van der Waals surface area contributed by atoms with Crippen LogP contribution in [0.25, 0.3) is 27.7 Å². The molecule has 0 aliphatic carbocycles. The second-order valence-electron chi connectivity index (χ2n) is 9.13. The molecule has 0 aliphatic rings. The predicted octanol–water partition coefficient (Wildman–Crippen LogP) is 6.72. The third kappa shape index (κ3) is 5.07. The predicted molar refractivity (Wildman–Crippen MR) is 140 cm³/mol. The number of fused-ring (bicyclic) bond motifs is 1. The number of hydrogen-bond acceptors (Lipinski definition) is 5. The Morgan fingerprint density at radius 1 is 0.721 bits per heavy atom. The number of pyridine rings is 1. The van der Waals surface area contributed by atoms with E-state index in [0.29, 0.717) is 5.56 Å². The van der Waals surface area contributed by atoms with Gasteiger partial charge in [0.05, 0.1) is 18.3 Å². The fraction of sp³-hybridized carbons (Fsp3) is 0.0690. The molecule has 0 spiro atoms. The summed E-state index contributed by atoms with van der Waals surface area (Å²) in [5.41, 5.74) is -0.132. The number of methoxy groups -OCH3 is 1. The minimum absolute atomic E-state index is 0.0133. The van der Waals surface area contributed by atoms with E-state index in [1.165, 1.54) is 44.4 Å². The van der Waals surface area contributed by atoms with E-state index in [9.17, 15) is 39.6 Å². The highest BCUT2D eigenvalue weighted by Gasteiger charge is 2.31. The topological polar surface area (TPSA) is 74.6 Å². The van der Waals surface area contributed by atoms with Gasteiger partial charge in [-0.25, -0.2) is 22.0 Å². The van der Waals surface area contributed by atoms with E-state index in [1.807, 2.05) is 0 Å². The van der Waals surface area contributed by atoms with Crippen LogP contribution in [0.1, 0.15) is 5.56 Å². The molecule has 6 nitrogen and oxygen atoms in total. The number of aromatic nitrogens is 1. The van der Waals surface area contributed by atoms with E-state index in [-0.39, 0.29) is 33.5 Å². The molecular formula is C29H16F7NO5S. The molecule has 5 rings (SSSR count). The van der Waals surface area contributed by atoms with Gasteiger partial charge in [0, 0.05) is 23.1 Å². The Morgan fingerprint density at radius 2 is 1.37 bits per heavy atom. The largest absolute Gasteiger partial charge is 0.495 e. The lowest BCUT2D eigenvalue weighted by Crippen LogP contribution is -2.19. The van der Waals surface area contributed by atoms with Crippen molar-refractivity contribution in [3.8, 4) is 28.3 Å². The lowest BCUT2D eigenvalue weighted by atomic mass is 10.0. The fourth-order valence-electron chi connectivity index (χ4n) is 4.36. The van der Waals surface area contributed by atoms with Crippen molar-refractivity contribution in [3.63, 3.8) is 0 Å². The third-order valence-corrected chi connectivity index (χ3v) is 7.71. The lowest BCUT2D eigenvalue weighted by Gasteiger charge is -2.17. The number of benzene rings is 4. The summed E-state index contributed by atoms with van der Waals surface area (Å²) in [7, 11) is -3.92. The Labute approximate surface area is 238 Å². The van der Waals surface area contributed by atoms with Gasteiger partial charge in [-0.15, -0.1) is 0 Å². The zero-order chi connectivity index (χ0) is 31.4. The SMILES string of the molecule is COc1cc(-c2ccc(F)c(C)c2)c(F)cc1-n1c(=O)ccc2cc(S(=O)(=O)Oc3c(F)c(F)c(F)c(F)c3F)ccc21. The summed E-state index contributed by atoms with van der Waals surface area (Å²) in [5.74, 6) is -15.6. The van der Waals surface area contributed by atoms with E-state index >= 15 is 4.39 Å². The molecule has 1 aromatic heterocycles. The van der Waals surface area contributed by atoms with Crippen LogP contribution < -0.4 is 14.5 Å². The molecule has 4 aromatic carbocycles. The monoisotopic (exact) mass is 623 g/mol. The first-order valence-corrected chi connectivity index (χ1v) is 13.4. The molecule has 0 fully saturated rings. The average Bonchev–Trinajstić information content (AvgIpc) is 2.98. The second kappa shape index (κ2) is 10.8. The molecule has 0 amide bonds. The second-order valence-corrected chi connectivity index (χ2v) is 10.7. The molecule has 43 heavy (non-hydrogen) atoms. The van der Waals surface area contributed by atoms with Gasteiger partial charge in [-0.1, -0.05) is 6.07 Å². The van der Waals surface area contributed by atoms with Crippen molar-refractivity contribution >= 4 is 21.0 Å². The zero-order valence-electron chi connectivity index (χ0n) is 21.8. The summed E-state index contributed by atoms with van der Waals surface area (Å²) in [6.07, 6.45) is 0. The van der Waals surface area contributed by atoms with Crippen LogP contribution in [0.5, 0.6) is 11.5 Å². The van der Waals surface area contributed by atoms with Crippen LogP contribution in [0, 0.1) is 47.6 Å². The highest BCUT2D eigenvalue weighted by molar-refractivity contribution is 7.87. The first-order chi connectivity index (χ1) is 20.2. The van der Waals surface area contributed by atoms with Crippen LogP contribution in [0.15, 0.2) is 70.4 Å². The number of rotatable bonds is 6. The third-order valence-electron chi connectivity index (χ3n) is 6.50. The van der Waals surface area contributed by atoms with Gasteiger partial charge in [-0.05, 0) is 60.5 Å². The Balaban J connectivity index is 1.62. The van der Waals surface area contributed by atoms with Crippen LogP contribution in [-0.2, 0) is 10.1 Å². The standard InChI is InChI=1S/C29H16F7NO5S/c1-13-9-14(3-6-18(13)30)17-11-22(41-2)21(12-19(17)31)37-20-7-5-16(10-15(20)4-8-23(37)38)43(39,40)42-29-27(35)25(33)24(32)26(34)28(29)36/h3-12H,1-2H3. The molecule has 0 aliphatic heterocycles. The molecule has 0 unspecified atom stereocenters. The number of nitrogens with zero attached hydrogens (tertiary/aromatic N) is 1. The van der Waals surface area contributed by atoms with E-state index < -0.39 is 67.0 Å². The van der Waals surface area contributed by atoms with Gasteiger partial charge in [-0.3, -0.25) is 9.36 Å². The van der Waals surface area contributed by atoms with Crippen molar-refractivity contribution in [2.24, 2.45) is 0 Å². The summed E-state index contributed by atoms with van der Waals surface area (Å²) in [5, 5.41) is 0.0161. The van der Waals surface area contributed by atoms with Crippen LogP contribution in [0.2, 0.25) is 0 Å². The van der Waals surface area contributed by atoms with Crippen LogP contribution in [0.3, 0.4) is 0 Å². The number of hydrogen-bond donors (Lipinski definition) is 0. The number of halogens is 7. The summed E-state index contributed by atoms with van der Waals surface area (Å²) in [6.45, 7) is 1.50. The fourth-order valence-corrected chi connectivity index (χ4v) is 5.33. The Kier molecular flexibility index (Phi) is 7.42. The summed E-state index contributed by atoms with van der Waals surface area (Å²) in [6, 6.07) is 11.3. The van der Waals surface area contributed by atoms with Gasteiger partial charge in [0.2, 0.25) is 34.8 Å². The van der Waals surface area contributed by atoms with Gasteiger partial charge in [0.25, 0.3) is 5.56 Å². The smallest absolute Gasteiger partial charge is 0.339 e. The minimum atomic E-state index is -5.18. The molecular weight excluding hydrogens is 607 g/mol. The van der Waals surface area contributed by atoms with Crippen LogP contribution >= 0.6 is 0 Å². The maximum atomic E-state index is 15.4. The van der Waals surface area contributed by atoms with Gasteiger partial charge in [0.1, 0.15) is 22.3 Å². The van der Waals surface area contributed by atoms with Crippen molar-refractivity contribution in [2.45, 2.75) is 11.8 Å². The average molecular weight is 624 g/mol. The molecule has 14 heteroatoms. The Bertz CT molecular complexity index is 2100. The molecule has 0 N–H and O–H groups in total. The van der Waals surface area contributed by atoms with E-state index in [0.717, 1.165) is 34.9 Å². The molecule has 0 radical (unpaired) electrons. The van der Waals surface area contributed by atoms with E-state index in [2.05, 4.69) is 4.18 Å². The summed E-state index contributed by atoms with van der Waals surface area (Å²) >= 11 is 0. The summed E-state index contributed by atoms with van der Waals surface area (Å²) < 4.78 is 134. The number of ether oxygens (including phenoxy) is 1. The highest BCUT2D eigenvalue weighted by atomic mass is 32.2. The quantitative estimate of drug-likeness (QED) is 0.0910. The van der Waals surface area contributed by atoms with Crippen LogP contribution in [0.4, 0.5) is 30.7 Å². The normalized spacial score (nSPS) is 11.7. The molecule has 1 heterocycles. The summed E-state index contributed by atoms with van der Waals surface area (Å²) in [4.78, 5) is 12.2. The van der Waals surface area contributed by atoms with E-state index in [1.54, 1.807) is 0 Å². The molecule has 0 saturated heterocycles. The van der Waals surface area contributed by atoms with Crippen molar-refractivity contribution in [1.29, 1.82) is 0 Å². The number of aryl methyl sites for hydroxylation is 1. The van der Waals surface area contributed by atoms with Crippen molar-refractivity contribution < 1.29 is 48.1 Å². The maximum absolute atomic E-state index is 15.4. The molecule has 5 aromatic rings. The Morgan fingerprint density at radius 3 is 2.00 bits per heavy atom. The van der Waals surface area contributed by atoms with Crippen molar-refractivity contribution in [3.05, 3.63) is 117 Å². The minimum Gasteiger partial charge on any atom is -0.495 e. The van der Waals surface area contributed by atoms with Gasteiger partial charge >= 0.3 is 10.1 Å². The van der Waals surface area contributed by atoms with Gasteiger partial charge in [0.15, 0.2) is 0 Å². The zero-order valence-corrected chi connectivity index (χ0v) is 22.6. The van der Waals surface area contributed by atoms with Crippen LogP contribution in [-0.4, -0.2) is 20.1 Å². The maximum Gasteiger partial charge on any atom is 0.339 e. The lowest BCUT2D eigenvalue weighted by molar-refractivity contribution is 0.346. The first-order valence-electron chi connectivity index (χ1n) is 12.0. The van der Waals surface area contributed by atoms with E-state index in [4.69, 9.17) is 4.74 Å². The molecule has 0 saturated carbocycles. The van der Waals surface area contributed by atoms with Gasteiger partial charge < -0.3 is 8.92 Å².